The van der Waals surface area contributed by atoms with Gasteiger partial charge in [-0.2, -0.15) is 0 Å². The smallest absolute Gasteiger partial charge is 0.135 e. The first kappa shape index (κ1) is 81.9. The van der Waals surface area contributed by atoms with E-state index in [2.05, 4.69) is 498 Å². The second kappa shape index (κ2) is 29.7. The highest BCUT2D eigenvalue weighted by atomic mass is 32.1. The van der Waals surface area contributed by atoms with Gasteiger partial charge in [-0.05, 0) is 297 Å². The fourth-order valence-corrected chi connectivity index (χ4v) is 28.8. The van der Waals surface area contributed by atoms with Crippen LogP contribution < -0.4 is 0 Å². The molecular weight excluding hydrogens is 1780 g/mol. The van der Waals surface area contributed by atoms with Crippen molar-refractivity contribution < 1.29 is 4.42 Å². The summed E-state index contributed by atoms with van der Waals surface area (Å²) in [6.45, 7) is 14.2. The summed E-state index contributed by atoms with van der Waals surface area (Å²) in [5, 5.41) is 20.8. The number of benzene rings is 23. The van der Waals surface area contributed by atoms with Gasteiger partial charge in [0.05, 0.1) is 38.8 Å². The van der Waals surface area contributed by atoms with E-state index in [1.807, 2.05) is 11.3 Å². The average Bonchev–Trinajstić information content (AvgIpc) is 1.54. The third-order valence-corrected chi connectivity index (χ3v) is 35.4. The summed E-state index contributed by atoms with van der Waals surface area (Å²) < 4.78 is 16.6. The van der Waals surface area contributed by atoms with Gasteiger partial charge in [0.2, 0.25) is 0 Å². The standard InChI is InChI=1S/C49H31NO.C49H31NS.C43H29N/c2*1-49(2)40-16-7-5-12-36(40)47-41(49)22-23-43-48(47)37-13-6-8-17-42(37)50(43)29-19-25-45-39(27-29)38-26-28(18-24-44(38)51-45)30-20-21-35-32-11-4-3-10-31(32)34-15-9-14-33(30)46(34)35;1-43(2)35-19-8-5-15-33(35)41-36(43)24-25-39-42(41)34-16-7-10-21-38(34)44(39)37-20-9-6-14-29(37)28-22-23-32-27-13-4-3-12-26(27)30-17-11-18-31(28)40(30)32/h2*3-27H,1-2H3;3-25H,1-2H3. The maximum Gasteiger partial charge on any atom is 0.135 e. The van der Waals surface area contributed by atoms with Crippen LogP contribution in [0.2, 0.25) is 0 Å². The zero-order chi connectivity index (χ0) is 96.3. The van der Waals surface area contributed by atoms with E-state index < -0.39 is 0 Å². The molecule has 6 aliphatic rings. The van der Waals surface area contributed by atoms with Crippen LogP contribution in [-0.4, -0.2) is 13.7 Å². The lowest BCUT2D eigenvalue weighted by molar-refractivity contribution is 0.660. The minimum absolute atomic E-state index is 0.0372. The van der Waals surface area contributed by atoms with E-state index in [0.717, 1.165) is 27.6 Å². The molecule has 0 spiro atoms. The molecule has 0 N–H and O–H groups in total. The number of fused-ring (bicyclic) bond motifs is 36. The quantitative estimate of drug-likeness (QED) is 0.163. The first-order chi connectivity index (χ1) is 71.7. The molecule has 28 aromatic rings. The number of para-hydroxylation sites is 4. The lowest BCUT2D eigenvalue weighted by atomic mass is 9.82. The van der Waals surface area contributed by atoms with E-state index in [9.17, 15) is 0 Å². The zero-order valence-electron chi connectivity index (χ0n) is 81.3. The van der Waals surface area contributed by atoms with Crippen LogP contribution in [0.4, 0.5) is 0 Å². The van der Waals surface area contributed by atoms with Gasteiger partial charge < -0.3 is 18.1 Å². The first-order valence-electron chi connectivity index (χ1n) is 51.3. The third kappa shape index (κ3) is 11.0. The molecule has 0 saturated carbocycles. The molecule has 4 nitrogen and oxygen atoms in total. The van der Waals surface area contributed by atoms with Crippen molar-refractivity contribution in [1.29, 1.82) is 0 Å². The normalized spacial score (nSPS) is 13.8. The van der Waals surface area contributed by atoms with Gasteiger partial charge in [0.1, 0.15) is 11.2 Å². The number of rotatable bonds is 6. The molecule has 5 aromatic heterocycles. The molecule has 0 radical (unpaired) electrons. The maximum atomic E-state index is 6.48. The highest BCUT2D eigenvalue weighted by Gasteiger charge is 2.42. The second-order valence-corrected chi connectivity index (χ2v) is 43.6. The van der Waals surface area contributed by atoms with Crippen LogP contribution in [0.1, 0.15) is 74.9 Å². The maximum absolute atomic E-state index is 6.48. The molecule has 34 rings (SSSR count). The number of hydrogen-bond donors (Lipinski definition) is 0. The summed E-state index contributed by atoms with van der Waals surface area (Å²) in [6, 6.07) is 165. The summed E-state index contributed by atoms with van der Waals surface area (Å²) in [6.07, 6.45) is 0. The second-order valence-electron chi connectivity index (χ2n) is 42.5. The minimum Gasteiger partial charge on any atom is -0.456 e. The highest BCUT2D eigenvalue weighted by molar-refractivity contribution is 7.25. The van der Waals surface area contributed by atoms with E-state index in [4.69, 9.17) is 4.42 Å². The molecule has 146 heavy (non-hydrogen) atoms. The van der Waals surface area contributed by atoms with Crippen LogP contribution in [0, 0.1) is 0 Å². The molecule has 5 heteroatoms. The van der Waals surface area contributed by atoms with Crippen molar-refractivity contribution in [2.24, 2.45) is 0 Å². The summed E-state index contributed by atoms with van der Waals surface area (Å²) in [5.74, 6) is 0. The van der Waals surface area contributed by atoms with Crippen molar-refractivity contribution in [2.45, 2.75) is 57.8 Å². The third-order valence-electron chi connectivity index (χ3n) is 34.3. The van der Waals surface area contributed by atoms with E-state index in [1.165, 1.54) is 296 Å². The molecule has 0 amide bonds. The molecule has 6 aliphatic carbocycles. The number of hydrogen-bond acceptors (Lipinski definition) is 2. The van der Waals surface area contributed by atoms with Gasteiger partial charge >= 0.3 is 0 Å². The van der Waals surface area contributed by atoms with E-state index >= 15 is 0 Å². The van der Waals surface area contributed by atoms with Crippen molar-refractivity contribution in [2.75, 3.05) is 0 Å². The Bertz CT molecular complexity index is 10300. The summed E-state index contributed by atoms with van der Waals surface area (Å²) in [7, 11) is 0. The number of thiophene rings is 1. The predicted octanol–water partition coefficient (Wildman–Crippen LogP) is 38.9. The average molecular weight is 1880 g/mol. The highest BCUT2D eigenvalue weighted by Crippen LogP contribution is 2.61. The zero-order valence-corrected chi connectivity index (χ0v) is 82.1. The Morgan fingerprint density at radius 3 is 0.918 bits per heavy atom. The molecule has 0 unspecified atom stereocenters. The van der Waals surface area contributed by atoms with Crippen LogP contribution in [0.25, 0.3) is 290 Å². The number of furan rings is 1. The van der Waals surface area contributed by atoms with Gasteiger partial charge in [0, 0.05) is 96.4 Å². The van der Waals surface area contributed by atoms with Crippen molar-refractivity contribution >= 4 is 151 Å². The number of nitrogens with zero attached hydrogens (tertiary/aromatic N) is 3. The van der Waals surface area contributed by atoms with Gasteiger partial charge in [0.25, 0.3) is 0 Å². The Morgan fingerprint density at radius 1 is 0.178 bits per heavy atom. The van der Waals surface area contributed by atoms with Crippen LogP contribution in [-0.2, 0) is 16.2 Å². The predicted molar refractivity (Wildman–Crippen MR) is 617 cm³/mol. The van der Waals surface area contributed by atoms with Crippen LogP contribution >= 0.6 is 11.3 Å². The van der Waals surface area contributed by atoms with Gasteiger partial charge in [0.15, 0.2) is 0 Å². The summed E-state index contributed by atoms with van der Waals surface area (Å²) >= 11 is 1.89. The summed E-state index contributed by atoms with van der Waals surface area (Å²) in [4.78, 5) is 0. The van der Waals surface area contributed by atoms with Gasteiger partial charge in [-0.3, -0.25) is 0 Å². The molecule has 0 saturated heterocycles. The Kier molecular flexibility index (Phi) is 16.7. The van der Waals surface area contributed by atoms with Crippen LogP contribution in [0.3, 0.4) is 0 Å². The van der Waals surface area contributed by atoms with Crippen molar-refractivity contribution in [3.63, 3.8) is 0 Å². The minimum atomic E-state index is -0.0510. The van der Waals surface area contributed by atoms with Gasteiger partial charge in [-0.25, -0.2) is 0 Å². The van der Waals surface area contributed by atoms with Gasteiger partial charge in [-0.1, -0.05) is 381 Å². The van der Waals surface area contributed by atoms with E-state index in [-0.39, 0.29) is 16.2 Å². The Hall–Kier alpha value is -17.7. The van der Waals surface area contributed by atoms with Crippen molar-refractivity contribution in [3.8, 4) is 151 Å². The fourth-order valence-electron chi connectivity index (χ4n) is 27.8. The monoisotopic (exact) mass is 1870 g/mol. The SMILES string of the molecule is CC1(C)c2ccccc2-c2c1ccc1c2c2ccccc2n1-c1ccc2oc3ccc(-c4ccc5c6c(cccc46)-c4ccccc4-5)cc3c2c1.CC1(C)c2ccccc2-c2c1ccc1c2c2ccccc2n1-c1ccc2sc3ccc(-c4ccc5c6c(cccc46)-c4ccccc4-5)cc3c2c1.CC1(C)c2ccccc2-c2c1ccc1c2c2ccccc2n1-c1ccccc1-c1ccc2c3c(cccc13)-c1ccccc1-2. The van der Waals surface area contributed by atoms with E-state index in [0.29, 0.717) is 0 Å². The molecule has 23 aromatic carbocycles. The molecule has 682 valence electrons. The lowest BCUT2D eigenvalue weighted by Gasteiger charge is -2.21. The molecule has 5 heterocycles. The van der Waals surface area contributed by atoms with Crippen molar-refractivity contribution in [1.82, 2.24) is 13.7 Å². The fraction of sp³-hybridized carbons (Fsp3) is 0.0638. The molecule has 0 aliphatic heterocycles. The van der Waals surface area contributed by atoms with Crippen LogP contribution in [0.5, 0.6) is 0 Å². The van der Waals surface area contributed by atoms with Crippen molar-refractivity contribution in [3.05, 3.63) is 476 Å². The Labute approximate surface area is 847 Å². The molecule has 0 bridgehead atoms. The molecule has 0 atom stereocenters. The summed E-state index contributed by atoms with van der Waals surface area (Å²) in [5.41, 5.74) is 52.8. The molecular formula is C141H91N3OS. The molecule has 0 fully saturated rings. The lowest BCUT2D eigenvalue weighted by Crippen LogP contribution is -2.14. The van der Waals surface area contributed by atoms with Gasteiger partial charge in [-0.15, -0.1) is 11.3 Å². The van der Waals surface area contributed by atoms with E-state index in [1.54, 1.807) is 0 Å². The topological polar surface area (TPSA) is 27.9 Å². The largest absolute Gasteiger partial charge is 0.456 e. The Morgan fingerprint density at radius 2 is 0.473 bits per heavy atom. The Balaban J connectivity index is 0.0000000979. The van der Waals surface area contributed by atoms with Crippen LogP contribution in [0.15, 0.2) is 447 Å². The number of aromatic nitrogens is 3. The first-order valence-corrected chi connectivity index (χ1v) is 52.1.